The van der Waals surface area contributed by atoms with Crippen molar-refractivity contribution in [3.63, 3.8) is 0 Å². The number of fused-ring (bicyclic) bond motifs is 2. The third kappa shape index (κ3) is 4.15. The van der Waals surface area contributed by atoms with Gasteiger partial charge in [0, 0.05) is 6.04 Å². The number of aliphatic hydroxyl groups is 1. The maximum Gasteiger partial charge on any atom is 0.244 e. The Morgan fingerprint density at radius 3 is 2.79 bits per heavy atom. The molecule has 1 saturated carbocycles. The highest BCUT2D eigenvalue weighted by Gasteiger charge is 2.29. The lowest BCUT2D eigenvalue weighted by Crippen LogP contribution is -2.36. The van der Waals surface area contributed by atoms with E-state index < -0.39 is 17.6 Å². The molecule has 1 fully saturated rings. The van der Waals surface area contributed by atoms with Gasteiger partial charge in [0.1, 0.15) is 17.2 Å². The van der Waals surface area contributed by atoms with Gasteiger partial charge in [-0.25, -0.2) is 18.0 Å². The van der Waals surface area contributed by atoms with Gasteiger partial charge in [-0.15, -0.1) is 10.2 Å². The molecule has 0 aliphatic heterocycles. The van der Waals surface area contributed by atoms with Crippen LogP contribution in [0.15, 0.2) is 24.4 Å². The molecule has 9 nitrogen and oxygen atoms in total. The Bertz CT molecular complexity index is 1340. The minimum atomic E-state index is -1.10. The first-order valence-corrected chi connectivity index (χ1v) is 11.3. The standard InChI is InChI=1S/C23H27F2N7O2/c1-13(24)11-31-18-10-14(4-5-17(18)28-30-31)19-16(25)12-32-20(19)21(34-3)27-22(29-32)26-15-6-8-23(2,33)9-7-15/h4-5,10,12-13,15,33H,6-9,11H2,1-3H3,(H,26,29)/t13-,15?,23?/m1/s1. The summed E-state index contributed by atoms with van der Waals surface area (Å²) in [6.07, 6.45) is 3.11. The van der Waals surface area contributed by atoms with Crippen LogP contribution in [0.25, 0.3) is 27.7 Å². The molecular weight excluding hydrogens is 444 g/mol. The minimum Gasteiger partial charge on any atom is -0.479 e. The summed E-state index contributed by atoms with van der Waals surface area (Å²) in [6.45, 7) is 3.34. The lowest BCUT2D eigenvalue weighted by atomic mass is 9.84. The first-order chi connectivity index (χ1) is 16.2. The van der Waals surface area contributed by atoms with Crippen molar-refractivity contribution >= 4 is 22.5 Å². The first kappa shape index (κ1) is 22.5. The fraction of sp³-hybridized carbons (Fsp3) is 0.478. The molecule has 1 aliphatic rings. The Morgan fingerprint density at radius 1 is 1.32 bits per heavy atom. The predicted molar refractivity (Wildman–Crippen MR) is 123 cm³/mol. The summed E-state index contributed by atoms with van der Waals surface area (Å²) in [6, 6.07) is 5.30. The van der Waals surface area contributed by atoms with Crippen LogP contribution in [-0.2, 0) is 6.54 Å². The van der Waals surface area contributed by atoms with Crippen LogP contribution in [0.4, 0.5) is 14.7 Å². The number of halogens is 2. The highest BCUT2D eigenvalue weighted by atomic mass is 19.1. The SMILES string of the molecule is COc1nc(NC2CCC(C)(O)CC2)nn2cc(F)c(-c3ccc4nnn(C[C@@H](C)F)c4c3)c12. The molecule has 180 valence electrons. The maximum absolute atomic E-state index is 15.2. The molecule has 3 aromatic heterocycles. The van der Waals surface area contributed by atoms with Gasteiger partial charge in [0.05, 0.1) is 36.5 Å². The van der Waals surface area contributed by atoms with Crippen LogP contribution in [0, 0.1) is 5.82 Å². The van der Waals surface area contributed by atoms with E-state index in [1.165, 1.54) is 29.4 Å². The molecule has 11 heteroatoms. The van der Waals surface area contributed by atoms with E-state index in [2.05, 4.69) is 25.7 Å². The zero-order chi connectivity index (χ0) is 24.0. The number of aromatic nitrogens is 6. The van der Waals surface area contributed by atoms with Gasteiger partial charge < -0.3 is 15.2 Å². The summed E-state index contributed by atoms with van der Waals surface area (Å²) in [5, 5.41) is 26.0. The number of nitrogens with zero attached hydrogens (tertiary/aromatic N) is 6. The number of rotatable bonds is 6. The zero-order valence-corrected chi connectivity index (χ0v) is 19.3. The molecule has 2 N–H and O–H groups in total. The summed E-state index contributed by atoms with van der Waals surface area (Å²) in [7, 11) is 1.48. The van der Waals surface area contributed by atoms with Gasteiger partial charge in [0.2, 0.25) is 11.8 Å². The quantitative estimate of drug-likeness (QED) is 0.442. The second-order valence-corrected chi connectivity index (χ2v) is 9.26. The van der Waals surface area contributed by atoms with E-state index in [0.29, 0.717) is 40.9 Å². The maximum atomic E-state index is 15.2. The van der Waals surface area contributed by atoms with E-state index in [9.17, 15) is 9.50 Å². The average molecular weight is 472 g/mol. The van der Waals surface area contributed by atoms with Gasteiger partial charge >= 0.3 is 0 Å². The summed E-state index contributed by atoms with van der Waals surface area (Å²) in [5.74, 6) is 0.0612. The summed E-state index contributed by atoms with van der Waals surface area (Å²) in [4.78, 5) is 4.48. The summed E-state index contributed by atoms with van der Waals surface area (Å²) < 4.78 is 37.2. The molecule has 1 atom stereocenters. The molecule has 34 heavy (non-hydrogen) atoms. The topological polar surface area (TPSA) is 102 Å². The largest absolute Gasteiger partial charge is 0.479 e. The van der Waals surface area contributed by atoms with Crippen LogP contribution in [-0.4, -0.2) is 59.6 Å². The van der Waals surface area contributed by atoms with E-state index in [1.807, 2.05) is 6.92 Å². The number of benzene rings is 1. The van der Waals surface area contributed by atoms with Crippen LogP contribution in [0.3, 0.4) is 0 Å². The van der Waals surface area contributed by atoms with Crippen molar-refractivity contribution in [2.45, 2.75) is 63.9 Å². The fourth-order valence-corrected chi connectivity index (χ4v) is 4.56. The molecule has 1 aromatic carbocycles. The Kier molecular flexibility index (Phi) is 5.59. The highest BCUT2D eigenvalue weighted by Crippen LogP contribution is 2.36. The van der Waals surface area contributed by atoms with Crippen LogP contribution in [0.2, 0.25) is 0 Å². The van der Waals surface area contributed by atoms with E-state index in [1.54, 1.807) is 18.2 Å². The highest BCUT2D eigenvalue weighted by molar-refractivity contribution is 5.89. The Hall–Kier alpha value is -3.34. The van der Waals surface area contributed by atoms with Crippen molar-refractivity contribution in [1.82, 2.24) is 29.6 Å². The molecule has 0 saturated heterocycles. The molecule has 0 radical (unpaired) electrons. The second-order valence-electron chi connectivity index (χ2n) is 9.26. The smallest absolute Gasteiger partial charge is 0.244 e. The lowest BCUT2D eigenvalue weighted by Gasteiger charge is -2.33. The number of nitrogens with one attached hydrogen (secondary N) is 1. The number of ether oxygens (including phenoxy) is 1. The van der Waals surface area contributed by atoms with Crippen molar-refractivity contribution < 1.29 is 18.6 Å². The van der Waals surface area contributed by atoms with Crippen molar-refractivity contribution in [3.05, 3.63) is 30.2 Å². The molecule has 1 aliphatic carbocycles. The molecule has 0 bridgehead atoms. The number of alkyl halides is 1. The van der Waals surface area contributed by atoms with Gasteiger partial charge in [-0.3, -0.25) is 0 Å². The molecule has 0 amide bonds. The van der Waals surface area contributed by atoms with Gasteiger partial charge in [-0.2, -0.15) is 4.98 Å². The molecule has 0 unspecified atom stereocenters. The fourth-order valence-electron chi connectivity index (χ4n) is 4.56. The number of hydrogen-bond acceptors (Lipinski definition) is 7. The van der Waals surface area contributed by atoms with Crippen LogP contribution in [0.5, 0.6) is 5.88 Å². The third-order valence-corrected chi connectivity index (χ3v) is 6.37. The normalized spacial score (nSPS) is 21.8. The van der Waals surface area contributed by atoms with Crippen LogP contribution in [0.1, 0.15) is 39.5 Å². The number of anilines is 1. The van der Waals surface area contributed by atoms with Gasteiger partial charge in [0.25, 0.3) is 0 Å². The minimum absolute atomic E-state index is 0.0526. The number of methoxy groups -OCH3 is 1. The van der Waals surface area contributed by atoms with E-state index in [4.69, 9.17) is 4.74 Å². The van der Waals surface area contributed by atoms with Crippen LogP contribution < -0.4 is 10.1 Å². The zero-order valence-electron chi connectivity index (χ0n) is 19.3. The van der Waals surface area contributed by atoms with Gasteiger partial charge in [-0.05, 0) is 57.2 Å². The summed E-state index contributed by atoms with van der Waals surface area (Å²) in [5.41, 5.74) is 1.77. The van der Waals surface area contributed by atoms with Crippen molar-refractivity contribution in [2.75, 3.05) is 12.4 Å². The Morgan fingerprint density at radius 2 is 2.09 bits per heavy atom. The Labute approximate surface area is 194 Å². The van der Waals surface area contributed by atoms with Gasteiger partial charge in [0.15, 0.2) is 5.82 Å². The molecule has 0 spiro atoms. The third-order valence-electron chi connectivity index (χ3n) is 6.37. The Balaban J connectivity index is 1.53. The first-order valence-electron chi connectivity index (χ1n) is 11.3. The molecule has 5 rings (SSSR count). The molecular formula is C23H27F2N7O2. The average Bonchev–Trinajstić information content (AvgIpc) is 3.33. The number of hydrogen-bond donors (Lipinski definition) is 2. The monoisotopic (exact) mass is 471 g/mol. The van der Waals surface area contributed by atoms with Crippen molar-refractivity contribution in [2.24, 2.45) is 0 Å². The van der Waals surface area contributed by atoms with E-state index >= 15 is 4.39 Å². The second kappa shape index (κ2) is 8.46. The van der Waals surface area contributed by atoms with Crippen molar-refractivity contribution in [1.29, 1.82) is 0 Å². The van der Waals surface area contributed by atoms with E-state index in [-0.39, 0.29) is 24.0 Å². The van der Waals surface area contributed by atoms with Crippen molar-refractivity contribution in [3.8, 4) is 17.0 Å². The van der Waals surface area contributed by atoms with Gasteiger partial charge in [-0.1, -0.05) is 11.3 Å². The van der Waals surface area contributed by atoms with E-state index in [0.717, 1.165) is 12.8 Å². The molecule has 3 heterocycles. The molecule has 4 aromatic rings. The lowest BCUT2D eigenvalue weighted by molar-refractivity contribution is 0.0195. The van der Waals surface area contributed by atoms with Crippen LogP contribution >= 0.6 is 0 Å². The predicted octanol–water partition coefficient (Wildman–Crippen LogP) is 3.75. The summed E-state index contributed by atoms with van der Waals surface area (Å²) >= 11 is 0.